The van der Waals surface area contributed by atoms with Crippen molar-refractivity contribution in [1.29, 1.82) is 0 Å². The summed E-state index contributed by atoms with van der Waals surface area (Å²) in [4.78, 5) is 39.4. The minimum Gasteiger partial charge on any atom is -0.480 e. The fourth-order valence-electron chi connectivity index (χ4n) is 3.29. The van der Waals surface area contributed by atoms with Crippen molar-refractivity contribution in [2.24, 2.45) is 5.41 Å². The van der Waals surface area contributed by atoms with E-state index in [-0.39, 0.29) is 4.87 Å². The average Bonchev–Trinajstić information content (AvgIpc) is 2.86. The van der Waals surface area contributed by atoms with Crippen molar-refractivity contribution < 1.29 is 19.4 Å². The van der Waals surface area contributed by atoms with Gasteiger partial charge < -0.3 is 14.8 Å². The first kappa shape index (κ1) is 14.5. The van der Waals surface area contributed by atoms with E-state index in [4.69, 9.17) is 4.74 Å². The molecule has 8 heteroatoms. The van der Waals surface area contributed by atoms with E-state index in [2.05, 4.69) is 4.98 Å². The van der Waals surface area contributed by atoms with Crippen molar-refractivity contribution in [3.05, 3.63) is 44.4 Å². The number of benzene rings is 1. The molecule has 2 aromatic rings. The van der Waals surface area contributed by atoms with E-state index in [0.717, 1.165) is 28.7 Å². The minimum atomic E-state index is -1.27. The number of aliphatic carboxylic acids is 1. The van der Waals surface area contributed by atoms with Gasteiger partial charge in [0.25, 0.3) is 0 Å². The predicted octanol–water partition coefficient (Wildman–Crippen LogP) is 2.05. The topological polar surface area (TPSA) is 96.5 Å². The molecule has 1 aromatic carbocycles. The molecule has 0 bridgehead atoms. The molecule has 3 unspecified atom stereocenters. The van der Waals surface area contributed by atoms with Crippen molar-refractivity contribution >= 4 is 35.0 Å². The highest BCUT2D eigenvalue weighted by Gasteiger charge is 2.60. The lowest BCUT2D eigenvalue weighted by Crippen LogP contribution is -2.53. The van der Waals surface area contributed by atoms with Gasteiger partial charge in [0, 0.05) is 16.4 Å². The fourth-order valence-corrected chi connectivity index (χ4v) is 5.80. The summed E-state index contributed by atoms with van der Waals surface area (Å²) in [5.74, 6) is -1.77. The molecule has 2 aliphatic rings. The Morgan fingerprint density at radius 3 is 2.83 bits per heavy atom. The number of hydrogen-bond acceptors (Lipinski definition) is 6. The molecular formula is C15H11NO5S2. The second-order valence-corrected chi connectivity index (χ2v) is 7.82. The van der Waals surface area contributed by atoms with Crippen LogP contribution in [0.3, 0.4) is 0 Å². The molecule has 118 valence electrons. The quantitative estimate of drug-likeness (QED) is 0.604. The highest BCUT2D eigenvalue weighted by molar-refractivity contribution is 8.00. The van der Waals surface area contributed by atoms with Crippen LogP contribution in [-0.2, 0) is 9.59 Å². The number of carboxylic acids is 1. The van der Waals surface area contributed by atoms with Gasteiger partial charge >= 0.3 is 16.8 Å². The van der Waals surface area contributed by atoms with Gasteiger partial charge in [0.2, 0.25) is 0 Å². The zero-order valence-corrected chi connectivity index (χ0v) is 13.5. The van der Waals surface area contributed by atoms with Crippen molar-refractivity contribution in [2.45, 2.75) is 23.1 Å². The summed E-state index contributed by atoms with van der Waals surface area (Å²) >= 11 is 2.02. The molecule has 3 atom stereocenters. The number of para-hydroxylation sites is 1. The van der Waals surface area contributed by atoms with Crippen LogP contribution in [0, 0.1) is 5.41 Å². The molecule has 0 saturated heterocycles. The summed E-state index contributed by atoms with van der Waals surface area (Å²) in [6.07, 6.45) is 0. The Labute approximate surface area is 138 Å². The van der Waals surface area contributed by atoms with Gasteiger partial charge in [-0.05, 0) is 13.0 Å². The van der Waals surface area contributed by atoms with Crippen LogP contribution in [0.4, 0.5) is 0 Å². The molecule has 3 heterocycles. The molecule has 2 aliphatic heterocycles. The third-order valence-corrected chi connectivity index (χ3v) is 6.94. The van der Waals surface area contributed by atoms with Gasteiger partial charge in [0.05, 0.1) is 5.03 Å². The Hall–Kier alpha value is -2.06. The Morgan fingerprint density at radius 1 is 1.35 bits per heavy atom. The van der Waals surface area contributed by atoms with Crippen LogP contribution in [0.1, 0.15) is 23.3 Å². The van der Waals surface area contributed by atoms with Crippen LogP contribution in [0.5, 0.6) is 5.75 Å². The van der Waals surface area contributed by atoms with Crippen molar-refractivity contribution in [3.8, 4) is 5.75 Å². The lowest BCUT2D eigenvalue weighted by atomic mass is 9.68. The van der Waals surface area contributed by atoms with Crippen LogP contribution in [0.15, 0.2) is 34.1 Å². The number of fused-ring (bicyclic) bond motifs is 5. The van der Waals surface area contributed by atoms with Crippen LogP contribution in [0.2, 0.25) is 0 Å². The van der Waals surface area contributed by atoms with Gasteiger partial charge in [0.1, 0.15) is 16.4 Å². The summed E-state index contributed by atoms with van der Waals surface area (Å²) in [6.45, 7) is 1.61. The van der Waals surface area contributed by atoms with Gasteiger partial charge in [-0.3, -0.25) is 14.4 Å². The van der Waals surface area contributed by atoms with E-state index in [1.54, 1.807) is 19.1 Å². The number of thiazole rings is 1. The number of rotatable bonds is 1. The molecule has 6 nitrogen and oxygen atoms in total. The third kappa shape index (κ3) is 1.85. The van der Waals surface area contributed by atoms with E-state index < -0.39 is 28.5 Å². The number of aromatic amines is 1. The Morgan fingerprint density at radius 2 is 2.09 bits per heavy atom. The molecular weight excluding hydrogens is 338 g/mol. The average molecular weight is 349 g/mol. The molecule has 0 saturated carbocycles. The zero-order valence-electron chi connectivity index (χ0n) is 11.9. The summed E-state index contributed by atoms with van der Waals surface area (Å²) in [6, 6.07) is 7.06. The van der Waals surface area contributed by atoms with E-state index in [1.165, 1.54) is 0 Å². The van der Waals surface area contributed by atoms with Crippen LogP contribution < -0.4 is 9.61 Å². The van der Waals surface area contributed by atoms with Crippen LogP contribution >= 0.6 is 23.1 Å². The monoisotopic (exact) mass is 349 g/mol. The summed E-state index contributed by atoms with van der Waals surface area (Å²) in [5.41, 5.74) is -0.541. The number of hydrogen-bond donors (Lipinski definition) is 2. The molecule has 1 aromatic heterocycles. The number of esters is 1. The Balaban J connectivity index is 2.05. The zero-order chi connectivity index (χ0) is 16.4. The van der Waals surface area contributed by atoms with Crippen molar-refractivity contribution in [3.63, 3.8) is 0 Å². The molecule has 0 amide bonds. The van der Waals surface area contributed by atoms with Gasteiger partial charge in [-0.25, -0.2) is 0 Å². The molecule has 0 fully saturated rings. The number of H-pyrrole nitrogens is 1. The number of ether oxygens (including phenoxy) is 1. The molecule has 0 spiro atoms. The number of carbonyl (C=O) groups excluding carboxylic acids is 1. The maximum Gasteiger partial charge on any atom is 0.319 e. The van der Waals surface area contributed by atoms with Crippen LogP contribution in [0.25, 0.3) is 0 Å². The highest BCUT2D eigenvalue weighted by Crippen LogP contribution is 2.59. The summed E-state index contributed by atoms with van der Waals surface area (Å²) < 4.78 is 5.41. The second-order valence-electron chi connectivity index (χ2n) is 5.69. The number of carboxylic acid groups (broad SMARTS) is 1. The van der Waals surface area contributed by atoms with Crippen molar-refractivity contribution in [1.82, 2.24) is 4.98 Å². The maximum atomic E-state index is 12.7. The van der Waals surface area contributed by atoms with E-state index in [0.29, 0.717) is 15.7 Å². The fraction of sp³-hybridized carbons (Fsp3) is 0.267. The van der Waals surface area contributed by atoms with E-state index in [1.807, 2.05) is 12.1 Å². The molecule has 0 radical (unpaired) electrons. The number of thioether (sulfide) groups is 1. The lowest BCUT2D eigenvalue weighted by molar-refractivity contribution is -0.154. The highest BCUT2D eigenvalue weighted by atomic mass is 32.2. The van der Waals surface area contributed by atoms with E-state index in [9.17, 15) is 19.5 Å². The maximum absolute atomic E-state index is 12.7. The van der Waals surface area contributed by atoms with Gasteiger partial charge in [-0.2, -0.15) is 0 Å². The molecule has 2 N–H and O–H groups in total. The first-order chi connectivity index (χ1) is 10.9. The third-order valence-electron chi connectivity index (χ3n) is 4.38. The first-order valence-electron chi connectivity index (χ1n) is 6.86. The van der Waals surface area contributed by atoms with Gasteiger partial charge in [-0.15, -0.1) is 0 Å². The molecule has 23 heavy (non-hydrogen) atoms. The number of carbonyl (C=O) groups is 2. The number of aromatic nitrogens is 1. The first-order valence-corrected chi connectivity index (χ1v) is 8.56. The predicted molar refractivity (Wildman–Crippen MR) is 84.2 cm³/mol. The van der Waals surface area contributed by atoms with Crippen LogP contribution in [-0.4, -0.2) is 27.3 Å². The largest absolute Gasteiger partial charge is 0.480 e. The molecule has 0 aliphatic carbocycles. The van der Waals surface area contributed by atoms with Gasteiger partial charge in [-0.1, -0.05) is 41.3 Å². The SMILES string of the molecule is CC12C(=O)Oc3ccccc3C1c1sc(=O)[nH]c1SC2C(=O)O. The second kappa shape index (κ2) is 4.72. The minimum absolute atomic E-state index is 0.257. The van der Waals surface area contributed by atoms with Crippen molar-refractivity contribution in [2.75, 3.05) is 0 Å². The van der Waals surface area contributed by atoms with E-state index >= 15 is 0 Å². The number of nitrogens with one attached hydrogen (secondary N) is 1. The smallest absolute Gasteiger partial charge is 0.319 e. The lowest BCUT2D eigenvalue weighted by Gasteiger charge is -2.45. The Kier molecular flexibility index (Phi) is 2.98. The standard InChI is InChI=1S/C15H11NO5S2/c1-15-8(6-4-2-3-5-7(6)21-13(15)19)9-11(16-14(20)22-9)23-10(15)12(17)18/h2-5,8,10H,1H3,(H,16,20)(H,17,18). The Bertz CT molecular complexity index is 901. The normalized spacial score (nSPS) is 28.3. The summed E-state index contributed by atoms with van der Waals surface area (Å²) in [7, 11) is 0. The van der Waals surface area contributed by atoms with Gasteiger partial charge in [0.15, 0.2) is 0 Å². The summed E-state index contributed by atoms with van der Waals surface area (Å²) in [5, 5.41) is 9.11. The molecule has 4 rings (SSSR count).